The number of sulfonamides is 1. The zero-order chi connectivity index (χ0) is 18.1. The fraction of sp³-hybridized carbons (Fsp3) is 0.278. The number of benzene rings is 2. The Bertz CT molecular complexity index is 775. The summed E-state index contributed by atoms with van der Waals surface area (Å²) in [5.74, 6) is 0.0802. The summed E-state index contributed by atoms with van der Waals surface area (Å²) >= 11 is 0. The number of anilines is 2. The zero-order valence-electron chi connectivity index (χ0n) is 14.2. The van der Waals surface area contributed by atoms with E-state index in [9.17, 15) is 13.2 Å². The molecule has 0 unspecified atom stereocenters. The van der Waals surface area contributed by atoms with Crippen LogP contribution in [0.5, 0.6) is 0 Å². The molecule has 2 aromatic carbocycles. The maximum atomic E-state index is 11.9. The van der Waals surface area contributed by atoms with Crippen LogP contribution in [0.3, 0.4) is 0 Å². The van der Waals surface area contributed by atoms with E-state index in [4.69, 9.17) is 0 Å². The molecule has 0 atom stereocenters. The van der Waals surface area contributed by atoms with Crippen LogP contribution in [0, 0.1) is 0 Å². The summed E-state index contributed by atoms with van der Waals surface area (Å²) in [5.41, 5.74) is 2.23. The van der Waals surface area contributed by atoms with Gasteiger partial charge < -0.3 is 10.6 Å². The monoisotopic (exact) mass is 361 g/mol. The first-order valence-corrected chi connectivity index (χ1v) is 9.83. The summed E-state index contributed by atoms with van der Waals surface area (Å²) in [6.45, 7) is 2.34. The van der Waals surface area contributed by atoms with Crippen molar-refractivity contribution >= 4 is 27.4 Å². The molecule has 0 aliphatic rings. The molecule has 0 spiro atoms. The van der Waals surface area contributed by atoms with Crippen LogP contribution in [0.2, 0.25) is 0 Å². The predicted molar refractivity (Wildman–Crippen MR) is 101 cm³/mol. The molecule has 0 aliphatic heterocycles. The first kappa shape index (κ1) is 18.8. The second kappa shape index (κ2) is 9.08. The number of hydrogen-bond acceptors (Lipinski definition) is 3. The van der Waals surface area contributed by atoms with Gasteiger partial charge in [0.1, 0.15) is 0 Å². The molecular weight excluding hydrogens is 338 g/mol. The average Bonchev–Trinajstić information content (AvgIpc) is 2.57. The largest absolute Gasteiger partial charge is 0.338 e. The van der Waals surface area contributed by atoms with E-state index >= 15 is 0 Å². The van der Waals surface area contributed by atoms with Crippen LogP contribution in [0.25, 0.3) is 0 Å². The van der Waals surface area contributed by atoms with E-state index in [0.29, 0.717) is 24.3 Å². The molecule has 2 aromatic rings. The zero-order valence-corrected chi connectivity index (χ0v) is 15.0. The lowest BCUT2D eigenvalue weighted by molar-refractivity contribution is 0.252. The van der Waals surface area contributed by atoms with E-state index in [0.717, 1.165) is 12.0 Å². The van der Waals surface area contributed by atoms with Crippen molar-refractivity contribution in [2.45, 2.75) is 19.8 Å². The van der Waals surface area contributed by atoms with E-state index in [1.165, 1.54) is 0 Å². The summed E-state index contributed by atoms with van der Waals surface area (Å²) in [6, 6.07) is 16.2. The molecule has 3 N–H and O–H groups in total. The Morgan fingerprint density at radius 1 is 0.960 bits per heavy atom. The maximum Gasteiger partial charge on any atom is 0.319 e. The van der Waals surface area contributed by atoms with Gasteiger partial charge in [-0.15, -0.1) is 0 Å². The number of nitrogens with one attached hydrogen (secondary N) is 3. The molecule has 0 heterocycles. The van der Waals surface area contributed by atoms with Crippen LogP contribution >= 0.6 is 0 Å². The Labute approximate surface area is 148 Å². The van der Waals surface area contributed by atoms with Gasteiger partial charge in [-0.3, -0.25) is 4.72 Å². The molecule has 2 rings (SSSR count). The highest BCUT2D eigenvalue weighted by Crippen LogP contribution is 2.15. The minimum atomic E-state index is -3.31. The van der Waals surface area contributed by atoms with Crippen LogP contribution < -0.4 is 15.4 Å². The lowest BCUT2D eigenvalue weighted by atomic mass is 10.1. The first-order valence-electron chi connectivity index (χ1n) is 8.18. The van der Waals surface area contributed by atoms with Crippen molar-refractivity contribution in [3.63, 3.8) is 0 Å². The molecule has 0 aliphatic carbocycles. The van der Waals surface area contributed by atoms with Gasteiger partial charge in [-0.2, -0.15) is 0 Å². The molecule has 25 heavy (non-hydrogen) atoms. The minimum absolute atomic E-state index is 0.0802. The summed E-state index contributed by atoms with van der Waals surface area (Å²) in [5, 5.41) is 5.50. The van der Waals surface area contributed by atoms with E-state index in [1.54, 1.807) is 24.3 Å². The lowest BCUT2D eigenvalue weighted by Gasteiger charge is -2.10. The number of carbonyl (C=O) groups is 1. The van der Waals surface area contributed by atoms with E-state index in [2.05, 4.69) is 15.4 Å². The van der Waals surface area contributed by atoms with Gasteiger partial charge in [-0.25, -0.2) is 13.2 Å². The molecule has 2 amide bonds. The van der Waals surface area contributed by atoms with E-state index < -0.39 is 10.0 Å². The number of amides is 2. The molecule has 6 nitrogen and oxygen atoms in total. The molecule has 0 saturated heterocycles. The second-order valence-corrected chi connectivity index (χ2v) is 7.46. The van der Waals surface area contributed by atoms with Gasteiger partial charge in [0.15, 0.2) is 0 Å². The van der Waals surface area contributed by atoms with Crippen molar-refractivity contribution in [2.75, 3.05) is 22.3 Å². The average molecular weight is 361 g/mol. The molecule has 0 saturated carbocycles. The Kier molecular flexibility index (Phi) is 6.82. The summed E-state index contributed by atoms with van der Waals surface area (Å²) in [7, 11) is -3.31. The van der Waals surface area contributed by atoms with Crippen LogP contribution in [-0.4, -0.2) is 26.7 Å². The smallest absolute Gasteiger partial charge is 0.319 e. The minimum Gasteiger partial charge on any atom is -0.338 e. The first-order chi connectivity index (χ1) is 12.0. The molecule has 0 fully saturated rings. The van der Waals surface area contributed by atoms with Gasteiger partial charge in [-0.05, 0) is 42.7 Å². The third-order valence-electron chi connectivity index (χ3n) is 3.43. The highest BCUT2D eigenvalue weighted by molar-refractivity contribution is 7.92. The Morgan fingerprint density at radius 2 is 1.60 bits per heavy atom. The van der Waals surface area contributed by atoms with E-state index in [-0.39, 0.29) is 11.8 Å². The predicted octanol–water partition coefficient (Wildman–Crippen LogP) is 3.20. The molecule has 0 radical (unpaired) electrons. The summed E-state index contributed by atoms with van der Waals surface area (Å²) < 4.78 is 25.9. The van der Waals surface area contributed by atoms with Gasteiger partial charge in [0, 0.05) is 17.9 Å². The third kappa shape index (κ3) is 6.84. The quantitative estimate of drug-likeness (QED) is 0.675. The fourth-order valence-electron chi connectivity index (χ4n) is 2.26. The normalized spacial score (nSPS) is 10.9. The molecule has 7 heteroatoms. The van der Waals surface area contributed by atoms with Crippen molar-refractivity contribution in [2.24, 2.45) is 0 Å². The number of hydrogen-bond donors (Lipinski definition) is 3. The van der Waals surface area contributed by atoms with Gasteiger partial charge in [0.2, 0.25) is 10.0 Å². The Balaban J connectivity index is 1.79. The number of urea groups is 1. The highest BCUT2D eigenvalue weighted by Gasteiger charge is 2.08. The molecule has 134 valence electrons. The number of rotatable bonds is 8. The molecular formula is C18H23N3O3S. The Morgan fingerprint density at radius 3 is 2.24 bits per heavy atom. The standard InChI is InChI=1S/C18H23N3O3S/c1-2-14-25(23,24)21-17-10-8-16(9-11-17)20-18(22)19-13-12-15-6-4-3-5-7-15/h3-11,21H,2,12-14H2,1H3,(H2,19,20,22). The van der Waals surface area contributed by atoms with Crippen LogP contribution in [0.4, 0.5) is 16.2 Å². The molecule has 0 bridgehead atoms. The van der Waals surface area contributed by atoms with Gasteiger partial charge in [-0.1, -0.05) is 37.3 Å². The summed E-state index contributed by atoms with van der Waals surface area (Å²) in [4.78, 5) is 11.9. The van der Waals surface area contributed by atoms with Crippen molar-refractivity contribution in [1.82, 2.24) is 5.32 Å². The van der Waals surface area contributed by atoms with Crippen molar-refractivity contribution in [3.8, 4) is 0 Å². The fourth-order valence-corrected chi connectivity index (χ4v) is 3.40. The highest BCUT2D eigenvalue weighted by atomic mass is 32.2. The van der Waals surface area contributed by atoms with Crippen molar-refractivity contribution in [1.29, 1.82) is 0 Å². The van der Waals surface area contributed by atoms with Crippen LogP contribution in [0.1, 0.15) is 18.9 Å². The summed E-state index contributed by atoms with van der Waals surface area (Å²) in [6.07, 6.45) is 1.31. The topological polar surface area (TPSA) is 87.3 Å². The van der Waals surface area contributed by atoms with E-state index in [1.807, 2.05) is 37.3 Å². The van der Waals surface area contributed by atoms with Gasteiger partial charge in [0.25, 0.3) is 0 Å². The van der Waals surface area contributed by atoms with Gasteiger partial charge in [0.05, 0.1) is 5.75 Å². The molecule has 0 aromatic heterocycles. The van der Waals surface area contributed by atoms with Crippen LogP contribution in [0.15, 0.2) is 54.6 Å². The maximum absolute atomic E-state index is 11.9. The van der Waals surface area contributed by atoms with Crippen molar-refractivity contribution in [3.05, 3.63) is 60.2 Å². The number of carbonyl (C=O) groups excluding carboxylic acids is 1. The third-order valence-corrected chi connectivity index (χ3v) is 4.92. The Hall–Kier alpha value is -2.54. The SMILES string of the molecule is CCCS(=O)(=O)Nc1ccc(NC(=O)NCCc2ccccc2)cc1. The van der Waals surface area contributed by atoms with Crippen molar-refractivity contribution < 1.29 is 13.2 Å². The van der Waals surface area contributed by atoms with Gasteiger partial charge >= 0.3 is 6.03 Å². The van der Waals surface area contributed by atoms with Crippen LogP contribution in [-0.2, 0) is 16.4 Å². The second-order valence-electron chi connectivity index (χ2n) is 5.61. The lowest BCUT2D eigenvalue weighted by Crippen LogP contribution is -2.30.